The SMILES string of the molecule is Cc1cccc(C(=O)NCCCC(O)C(N)Oc2ccccc2)c1.Cl. The minimum atomic E-state index is -0.792. The van der Waals surface area contributed by atoms with E-state index in [1.54, 1.807) is 18.2 Å². The Labute approximate surface area is 154 Å². The number of halogens is 1. The molecule has 2 atom stereocenters. The molecule has 0 saturated heterocycles. The van der Waals surface area contributed by atoms with Gasteiger partial charge in [-0.05, 0) is 44.0 Å². The van der Waals surface area contributed by atoms with Gasteiger partial charge in [-0.15, -0.1) is 12.4 Å². The predicted molar refractivity (Wildman–Crippen MR) is 101 cm³/mol. The molecule has 0 heterocycles. The van der Waals surface area contributed by atoms with Crippen LogP contribution < -0.4 is 15.8 Å². The molecule has 0 radical (unpaired) electrons. The molecule has 2 unspecified atom stereocenters. The van der Waals surface area contributed by atoms with Gasteiger partial charge in [0.25, 0.3) is 5.91 Å². The summed E-state index contributed by atoms with van der Waals surface area (Å²) in [4.78, 5) is 12.0. The van der Waals surface area contributed by atoms with Crippen LogP contribution in [0.3, 0.4) is 0 Å². The molecule has 0 aliphatic heterocycles. The van der Waals surface area contributed by atoms with Crippen molar-refractivity contribution in [1.29, 1.82) is 0 Å². The van der Waals surface area contributed by atoms with Gasteiger partial charge in [0.1, 0.15) is 11.9 Å². The molecule has 1 amide bonds. The van der Waals surface area contributed by atoms with Crippen LogP contribution in [0.5, 0.6) is 5.75 Å². The highest BCUT2D eigenvalue weighted by atomic mass is 35.5. The molecule has 136 valence electrons. The maximum Gasteiger partial charge on any atom is 0.251 e. The van der Waals surface area contributed by atoms with Gasteiger partial charge in [-0.3, -0.25) is 10.5 Å². The summed E-state index contributed by atoms with van der Waals surface area (Å²) in [5, 5.41) is 12.9. The standard InChI is InChI=1S/C19H24N2O3.ClH/c1-14-7-5-8-15(13-14)19(23)21-12-6-11-17(22)18(20)24-16-9-3-2-4-10-16;/h2-5,7-10,13,17-18,22H,6,11-12,20H2,1H3,(H,21,23);1H. The number of carbonyl (C=O) groups is 1. The van der Waals surface area contributed by atoms with Gasteiger partial charge in [-0.1, -0.05) is 35.9 Å². The molecule has 2 rings (SSSR count). The van der Waals surface area contributed by atoms with E-state index < -0.39 is 12.3 Å². The third kappa shape index (κ3) is 7.13. The van der Waals surface area contributed by atoms with Gasteiger partial charge >= 0.3 is 0 Å². The van der Waals surface area contributed by atoms with Crippen LogP contribution in [0.15, 0.2) is 54.6 Å². The average Bonchev–Trinajstić information content (AvgIpc) is 2.59. The van der Waals surface area contributed by atoms with Gasteiger partial charge < -0.3 is 15.2 Å². The normalized spacial score (nSPS) is 12.6. The summed E-state index contributed by atoms with van der Waals surface area (Å²) < 4.78 is 5.48. The monoisotopic (exact) mass is 364 g/mol. The Morgan fingerprint density at radius 3 is 2.60 bits per heavy atom. The number of carbonyl (C=O) groups excluding carboxylic acids is 1. The van der Waals surface area contributed by atoms with Crippen molar-refractivity contribution >= 4 is 18.3 Å². The van der Waals surface area contributed by atoms with Crippen LogP contribution in [-0.4, -0.2) is 29.9 Å². The van der Waals surface area contributed by atoms with E-state index in [2.05, 4.69) is 5.32 Å². The van der Waals surface area contributed by atoms with Crippen LogP contribution in [0.25, 0.3) is 0 Å². The number of rotatable bonds is 8. The molecule has 5 nitrogen and oxygen atoms in total. The Bertz CT molecular complexity index is 652. The Kier molecular flexibility index (Phi) is 8.99. The molecule has 0 saturated carbocycles. The molecule has 6 heteroatoms. The maximum absolute atomic E-state index is 12.0. The van der Waals surface area contributed by atoms with E-state index in [4.69, 9.17) is 10.5 Å². The molecule has 4 N–H and O–H groups in total. The molecule has 0 bridgehead atoms. The fraction of sp³-hybridized carbons (Fsp3) is 0.316. The van der Waals surface area contributed by atoms with E-state index in [-0.39, 0.29) is 18.3 Å². The van der Waals surface area contributed by atoms with Crippen LogP contribution in [-0.2, 0) is 0 Å². The molecule has 0 spiro atoms. The molecular formula is C19H25ClN2O3. The summed E-state index contributed by atoms with van der Waals surface area (Å²) in [6.45, 7) is 2.42. The highest BCUT2D eigenvalue weighted by Crippen LogP contribution is 2.12. The first kappa shape index (κ1) is 21.0. The number of para-hydroxylation sites is 1. The van der Waals surface area contributed by atoms with Crippen molar-refractivity contribution < 1.29 is 14.6 Å². The Hall–Kier alpha value is -2.08. The lowest BCUT2D eigenvalue weighted by Gasteiger charge is -2.20. The Balaban J connectivity index is 0.00000312. The maximum atomic E-state index is 12.0. The fourth-order valence-corrected chi connectivity index (χ4v) is 2.30. The highest BCUT2D eigenvalue weighted by Gasteiger charge is 2.16. The summed E-state index contributed by atoms with van der Waals surface area (Å²) in [6, 6.07) is 16.6. The quantitative estimate of drug-likeness (QED) is 0.496. The number of nitrogens with one attached hydrogen (secondary N) is 1. The van der Waals surface area contributed by atoms with Gasteiger partial charge in [0.15, 0.2) is 6.23 Å². The van der Waals surface area contributed by atoms with E-state index in [0.717, 1.165) is 5.56 Å². The van der Waals surface area contributed by atoms with E-state index in [9.17, 15) is 9.90 Å². The lowest BCUT2D eigenvalue weighted by molar-refractivity contribution is 0.0334. The predicted octanol–water partition coefficient (Wildman–Crippen LogP) is 2.65. The van der Waals surface area contributed by atoms with Crippen molar-refractivity contribution in [3.8, 4) is 5.75 Å². The van der Waals surface area contributed by atoms with Gasteiger partial charge in [0, 0.05) is 12.1 Å². The second-order valence-electron chi connectivity index (χ2n) is 5.73. The average molecular weight is 365 g/mol. The number of aliphatic hydroxyl groups excluding tert-OH is 1. The van der Waals surface area contributed by atoms with Gasteiger partial charge in [0.2, 0.25) is 0 Å². The molecule has 2 aromatic rings. The molecule has 25 heavy (non-hydrogen) atoms. The first-order chi connectivity index (χ1) is 11.6. The van der Waals surface area contributed by atoms with Gasteiger partial charge in [-0.2, -0.15) is 0 Å². The van der Waals surface area contributed by atoms with Crippen molar-refractivity contribution in [3.05, 3.63) is 65.7 Å². The van der Waals surface area contributed by atoms with Gasteiger partial charge in [-0.25, -0.2) is 0 Å². The summed E-state index contributed by atoms with van der Waals surface area (Å²) in [5.74, 6) is 0.509. The number of benzene rings is 2. The lowest BCUT2D eigenvalue weighted by Crippen LogP contribution is -2.40. The van der Waals surface area contributed by atoms with Crippen molar-refractivity contribution in [3.63, 3.8) is 0 Å². The Morgan fingerprint density at radius 2 is 1.92 bits per heavy atom. The van der Waals surface area contributed by atoms with Crippen molar-refractivity contribution in [2.75, 3.05) is 6.54 Å². The molecule has 2 aromatic carbocycles. The van der Waals surface area contributed by atoms with Crippen LogP contribution in [0.1, 0.15) is 28.8 Å². The lowest BCUT2D eigenvalue weighted by atomic mass is 10.1. The van der Waals surface area contributed by atoms with Crippen LogP contribution in [0.2, 0.25) is 0 Å². The fourth-order valence-electron chi connectivity index (χ4n) is 2.30. The molecular weight excluding hydrogens is 340 g/mol. The van der Waals surface area contributed by atoms with Crippen LogP contribution >= 0.6 is 12.4 Å². The third-order valence-corrected chi connectivity index (χ3v) is 3.64. The minimum Gasteiger partial charge on any atom is -0.473 e. The van der Waals surface area contributed by atoms with Crippen LogP contribution in [0, 0.1) is 6.92 Å². The summed E-state index contributed by atoms with van der Waals surface area (Å²) in [6.07, 6.45) is -0.520. The minimum absolute atomic E-state index is 0. The number of hydrogen-bond donors (Lipinski definition) is 3. The topological polar surface area (TPSA) is 84.6 Å². The number of amides is 1. The second-order valence-corrected chi connectivity index (χ2v) is 5.73. The zero-order valence-corrected chi connectivity index (χ0v) is 15.0. The number of hydrogen-bond acceptors (Lipinski definition) is 4. The van der Waals surface area contributed by atoms with E-state index >= 15 is 0 Å². The number of ether oxygens (including phenoxy) is 1. The van der Waals surface area contributed by atoms with Crippen LogP contribution in [0.4, 0.5) is 0 Å². The van der Waals surface area contributed by atoms with Crippen molar-refractivity contribution in [1.82, 2.24) is 5.32 Å². The van der Waals surface area contributed by atoms with Crippen molar-refractivity contribution in [2.24, 2.45) is 5.73 Å². The molecule has 0 aliphatic rings. The molecule has 0 aromatic heterocycles. The first-order valence-electron chi connectivity index (χ1n) is 8.06. The number of aliphatic hydroxyl groups is 1. The number of aryl methyl sites for hydroxylation is 1. The van der Waals surface area contributed by atoms with Gasteiger partial charge in [0.05, 0.1) is 0 Å². The zero-order valence-electron chi connectivity index (χ0n) is 14.2. The molecule has 0 fully saturated rings. The summed E-state index contributed by atoms with van der Waals surface area (Å²) >= 11 is 0. The molecule has 0 aliphatic carbocycles. The van der Waals surface area contributed by atoms with E-state index in [0.29, 0.717) is 30.7 Å². The zero-order chi connectivity index (χ0) is 17.4. The smallest absolute Gasteiger partial charge is 0.251 e. The van der Waals surface area contributed by atoms with Crippen molar-refractivity contribution in [2.45, 2.75) is 32.1 Å². The Morgan fingerprint density at radius 1 is 1.20 bits per heavy atom. The second kappa shape index (κ2) is 10.7. The highest BCUT2D eigenvalue weighted by molar-refractivity contribution is 5.94. The summed E-state index contributed by atoms with van der Waals surface area (Å²) in [5.41, 5.74) is 7.52. The summed E-state index contributed by atoms with van der Waals surface area (Å²) in [7, 11) is 0. The number of nitrogens with two attached hydrogens (primary N) is 1. The largest absolute Gasteiger partial charge is 0.473 e. The van der Waals surface area contributed by atoms with E-state index in [1.807, 2.05) is 43.3 Å². The van der Waals surface area contributed by atoms with E-state index in [1.165, 1.54) is 0 Å². The first-order valence-corrected chi connectivity index (χ1v) is 8.06. The third-order valence-electron chi connectivity index (χ3n) is 3.64.